The van der Waals surface area contributed by atoms with E-state index in [-0.39, 0.29) is 26.9 Å². The predicted molar refractivity (Wildman–Crippen MR) is 101 cm³/mol. The van der Waals surface area contributed by atoms with E-state index in [1.165, 1.54) is 51.7 Å². The second kappa shape index (κ2) is 8.15. The number of sulfonamides is 1. The molecule has 2 aromatic rings. The number of nitrogens with one attached hydrogen (secondary N) is 1. The number of methoxy groups -OCH3 is 3. The summed E-state index contributed by atoms with van der Waals surface area (Å²) in [6.07, 6.45) is 0. The lowest BCUT2D eigenvalue weighted by atomic mass is 10.2. The molecule has 2 aromatic carbocycles. The first-order chi connectivity index (χ1) is 12.2. The largest absolute Gasteiger partial charge is 0.497 e. The maximum Gasteiger partial charge on any atom is 0.340 e. The van der Waals surface area contributed by atoms with Gasteiger partial charge >= 0.3 is 5.97 Å². The van der Waals surface area contributed by atoms with Gasteiger partial charge in [0, 0.05) is 5.02 Å². The molecule has 0 amide bonds. The van der Waals surface area contributed by atoms with E-state index < -0.39 is 16.0 Å². The van der Waals surface area contributed by atoms with Crippen LogP contribution >= 0.6 is 27.5 Å². The van der Waals surface area contributed by atoms with Crippen LogP contribution in [0.1, 0.15) is 10.4 Å². The molecule has 0 spiro atoms. The number of benzene rings is 2. The maximum atomic E-state index is 12.8. The Balaban J connectivity index is 2.56. The predicted octanol–water partition coefficient (Wildman–Crippen LogP) is 3.71. The molecular formula is C16H15BrClNO6S. The Hall–Kier alpha value is -1.97. The van der Waals surface area contributed by atoms with Crippen molar-refractivity contribution in [1.29, 1.82) is 0 Å². The van der Waals surface area contributed by atoms with Gasteiger partial charge in [-0.2, -0.15) is 0 Å². The van der Waals surface area contributed by atoms with Crippen molar-refractivity contribution in [2.24, 2.45) is 0 Å². The highest BCUT2D eigenvalue weighted by molar-refractivity contribution is 9.10. The molecule has 0 saturated carbocycles. The van der Waals surface area contributed by atoms with Crippen LogP contribution in [-0.2, 0) is 14.8 Å². The van der Waals surface area contributed by atoms with E-state index in [0.29, 0.717) is 10.2 Å². The van der Waals surface area contributed by atoms with E-state index in [1.807, 2.05) is 0 Å². The minimum Gasteiger partial charge on any atom is -0.497 e. The van der Waals surface area contributed by atoms with Crippen molar-refractivity contribution in [3.05, 3.63) is 45.4 Å². The first-order valence-electron chi connectivity index (χ1n) is 7.05. The Morgan fingerprint density at radius 3 is 2.38 bits per heavy atom. The van der Waals surface area contributed by atoms with Crippen LogP contribution < -0.4 is 14.2 Å². The molecule has 0 bridgehead atoms. The van der Waals surface area contributed by atoms with Crippen molar-refractivity contribution >= 4 is 49.2 Å². The van der Waals surface area contributed by atoms with Gasteiger partial charge in [-0.3, -0.25) is 4.72 Å². The van der Waals surface area contributed by atoms with Gasteiger partial charge in [-0.05, 0) is 46.3 Å². The average molecular weight is 465 g/mol. The lowest BCUT2D eigenvalue weighted by Crippen LogP contribution is -2.17. The second-order valence-corrected chi connectivity index (χ2v) is 7.87. The molecule has 0 aliphatic rings. The fraction of sp³-hybridized carbons (Fsp3) is 0.188. The van der Waals surface area contributed by atoms with Gasteiger partial charge < -0.3 is 14.2 Å². The van der Waals surface area contributed by atoms with E-state index in [1.54, 1.807) is 0 Å². The molecule has 10 heteroatoms. The van der Waals surface area contributed by atoms with Crippen LogP contribution in [0, 0.1) is 0 Å². The molecule has 26 heavy (non-hydrogen) atoms. The van der Waals surface area contributed by atoms with Crippen LogP contribution in [0.25, 0.3) is 0 Å². The Labute approximate surface area is 164 Å². The zero-order valence-electron chi connectivity index (χ0n) is 14.0. The minimum atomic E-state index is -4.12. The van der Waals surface area contributed by atoms with Gasteiger partial charge in [-0.1, -0.05) is 11.6 Å². The van der Waals surface area contributed by atoms with Gasteiger partial charge in [0.1, 0.15) is 10.6 Å². The van der Waals surface area contributed by atoms with Crippen LogP contribution in [0.5, 0.6) is 11.5 Å². The molecule has 7 nitrogen and oxygen atoms in total. The summed E-state index contributed by atoms with van der Waals surface area (Å²) in [5.41, 5.74) is 0.0197. The smallest absolute Gasteiger partial charge is 0.340 e. The number of carbonyl (C=O) groups is 1. The van der Waals surface area contributed by atoms with E-state index in [2.05, 4.69) is 20.7 Å². The second-order valence-electron chi connectivity index (χ2n) is 4.93. The van der Waals surface area contributed by atoms with Gasteiger partial charge in [0.15, 0.2) is 5.75 Å². The zero-order valence-corrected chi connectivity index (χ0v) is 17.2. The molecular weight excluding hydrogens is 450 g/mol. The molecule has 1 N–H and O–H groups in total. The van der Waals surface area contributed by atoms with E-state index in [9.17, 15) is 13.2 Å². The number of carbonyl (C=O) groups excluding carboxylic acids is 1. The van der Waals surface area contributed by atoms with E-state index >= 15 is 0 Å². The number of hydrogen-bond acceptors (Lipinski definition) is 6. The molecule has 0 aromatic heterocycles. The van der Waals surface area contributed by atoms with Gasteiger partial charge in [-0.25, -0.2) is 13.2 Å². The molecule has 0 radical (unpaired) electrons. The summed E-state index contributed by atoms with van der Waals surface area (Å²) in [5.74, 6) is -0.271. The summed E-state index contributed by atoms with van der Waals surface area (Å²) in [6, 6.07) is 7.03. The summed E-state index contributed by atoms with van der Waals surface area (Å²) in [4.78, 5) is 11.8. The summed E-state index contributed by atoms with van der Waals surface area (Å²) in [6.45, 7) is 0. The lowest BCUT2D eigenvalue weighted by molar-refractivity contribution is 0.0601. The normalized spacial score (nSPS) is 11.0. The molecule has 2 rings (SSSR count). The number of esters is 1. The SMILES string of the molecule is COC(=O)c1cc(OC)ccc1NS(=O)(=O)c1cc(Cl)cc(Br)c1OC. The molecule has 140 valence electrons. The highest BCUT2D eigenvalue weighted by Crippen LogP contribution is 2.36. The highest BCUT2D eigenvalue weighted by atomic mass is 79.9. The summed E-state index contributed by atoms with van der Waals surface area (Å²) >= 11 is 9.17. The van der Waals surface area contributed by atoms with Gasteiger partial charge in [0.2, 0.25) is 0 Å². The summed E-state index contributed by atoms with van der Waals surface area (Å²) in [7, 11) is -0.172. The monoisotopic (exact) mass is 463 g/mol. The lowest BCUT2D eigenvalue weighted by Gasteiger charge is -2.15. The fourth-order valence-electron chi connectivity index (χ4n) is 2.15. The number of anilines is 1. The zero-order chi connectivity index (χ0) is 19.5. The summed E-state index contributed by atoms with van der Waals surface area (Å²) in [5, 5.41) is 0.195. The van der Waals surface area contributed by atoms with Crippen LogP contribution in [0.3, 0.4) is 0 Å². The first kappa shape index (κ1) is 20.3. The van der Waals surface area contributed by atoms with Crippen molar-refractivity contribution in [3.63, 3.8) is 0 Å². The van der Waals surface area contributed by atoms with Gasteiger partial charge in [-0.15, -0.1) is 0 Å². The third-order valence-electron chi connectivity index (χ3n) is 3.34. The van der Waals surface area contributed by atoms with Gasteiger partial charge in [0.25, 0.3) is 10.0 Å². The van der Waals surface area contributed by atoms with Crippen molar-refractivity contribution in [1.82, 2.24) is 0 Å². The number of ether oxygens (including phenoxy) is 3. The van der Waals surface area contributed by atoms with Crippen molar-refractivity contribution < 1.29 is 27.4 Å². The van der Waals surface area contributed by atoms with Crippen LogP contribution in [0.2, 0.25) is 5.02 Å². The van der Waals surface area contributed by atoms with Crippen molar-refractivity contribution in [2.45, 2.75) is 4.90 Å². The Kier molecular flexibility index (Phi) is 6.38. The van der Waals surface area contributed by atoms with Crippen LogP contribution in [0.15, 0.2) is 39.7 Å². The molecule has 0 unspecified atom stereocenters. The third-order valence-corrected chi connectivity index (χ3v) is 5.52. The fourth-order valence-corrected chi connectivity index (χ4v) is 4.62. The number of halogens is 2. The van der Waals surface area contributed by atoms with E-state index in [0.717, 1.165) is 0 Å². The third kappa shape index (κ3) is 4.22. The number of hydrogen-bond donors (Lipinski definition) is 1. The molecule has 0 saturated heterocycles. The molecule has 0 aliphatic carbocycles. The Morgan fingerprint density at radius 2 is 1.81 bits per heavy atom. The first-order valence-corrected chi connectivity index (χ1v) is 9.71. The topological polar surface area (TPSA) is 90.9 Å². The standard InChI is InChI=1S/C16H15BrClNO6S/c1-23-10-4-5-13(11(8-10)16(20)25-3)19-26(21,22)14-7-9(18)6-12(17)15(14)24-2/h4-8,19H,1-3H3. The van der Waals surface area contributed by atoms with Crippen LogP contribution in [-0.4, -0.2) is 35.7 Å². The van der Waals surface area contributed by atoms with Gasteiger partial charge in [0.05, 0.1) is 37.1 Å². The maximum absolute atomic E-state index is 12.8. The molecule has 0 atom stereocenters. The average Bonchev–Trinajstić information content (AvgIpc) is 2.60. The van der Waals surface area contributed by atoms with Crippen molar-refractivity contribution in [2.75, 3.05) is 26.1 Å². The molecule has 0 heterocycles. The minimum absolute atomic E-state index is 0.00418. The summed E-state index contributed by atoms with van der Waals surface area (Å²) < 4.78 is 43.3. The quantitative estimate of drug-likeness (QED) is 0.656. The van der Waals surface area contributed by atoms with Crippen molar-refractivity contribution in [3.8, 4) is 11.5 Å². The van der Waals surface area contributed by atoms with E-state index in [4.69, 9.17) is 25.8 Å². The molecule has 0 fully saturated rings. The highest BCUT2D eigenvalue weighted by Gasteiger charge is 2.25. The Morgan fingerprint density at radius 1 is 1.12 bits per heavy atom. The Bertz CT molecular complexity index is 948. The number of rotatable bonds is 6. The van der Waals surface area contributed by atoms with Crippen LogP contribution in [0.4, 0.5) is 5.69 Å². The molecule has 0 aliphatic heterocycles.